The lowest BCUT2D eigenvalue weighted by molar-refractivity contribution is 0.414. The number of hydrogen-bond acceptors (Lipinski definition) is 2. The maximum absolute atomic E-state index is 5.17. The highest BCUT2D eigenvalue weighted by Gasteiger charge is 2.02. The fourth-order valence-corrected chi connectivity index (χ4v) is 2.49. The molecule has 4 heteroatoms. The van der Waals surface area contributed by atoms with Crippen molar-refractivity contribution in [3.8, 4) is 5.75 Å². The Hall–Kier alpha value is -1.000. The molecule has 0 unspecified atom stereocenters. The van der Waals surface area contributed by atoms with E-state index >= 15 is 0 Å². The Morgan fingerprint density at radius 3 is 2.61 bits per heavy atom. The molecule has 2 aromatic carbocycles. The molecular formula is C14H13Br2NO. The predicted molar refractivity (Wildman–Crippen MR) is 82.2 cm³/mol. The van der Waals surface area contributed by atoms with Crippen LogP contribution in [-0.2, 0) is 6.54 Å². The second-order valence-electron chi connectivity index (χ2n) is 3.82. The number of hydrogen-bond donors (Lipinski definition) is 1. The van der Waals surface area contributed by atoms with Crippen molar-refractivity contribution in [1.29, 1.82) is 0 Å². The van der Waals surface area contributed by atoms with Gasteiger partial charge in [0.15, 0.2) is 0 Å². The zero-order valence-corrected chi connectivity index (χ0v) is 13.1. The fourth-order valence-electron chi connectivity index (χ4n) is 1.59. The molecule has 0 atom stereocenters. The van der Waals surface area contributed by atoms with Gasteiger partial charge in [-0.1, -0.05) is 44.0 Å². The fraction of sp³-hybridized carbons (Fsp3) is 0.143. The molecule has 2 nitrogen and oxygen atoms in total. The number of rotatable bonds is 4. The molecule has 94 valence electrons. The highest BCUT2D eigenvalue weighted by atomic mass is 79.9. The standard InChI is InChI=1S/C14H13Br2NO/c1-18-13-6-5-10(14(16)8-13)9-17-12-4-2-3-11(15)7-12/h2-8,17H,9H2,1H3. The van der Waals surface area contributed by atoms with Crippen LogP contribution in [0.25, 0.3) is 0 Å². The quantitative estimate of drug-likeness (QED) is 0.831. The topological polar surface area (TPSA) is 21.3 Å². The number of halogens is 2. The summed E-state index contributed by atoms with van der Waals surface area (Å²) in [5, 5.41) is 3.38. The van der Waals surface area contributed by atoms with Gasteiger partial charge in [0.05, 0.1) is 7.11 Å². The number of benzene rings is 2. The summed E-state index contributed by atoms with van der Waals surface area (Å²) in [6.45, 7) is 0.765. The largest absolute Gasteiger partial charge is 0.497 e. The molecule has 2 rings (SSSR count). The molecule has 0 aliphatic heterocycles. The van der Waals surface area contributed by atoms with Crippen LogP contribution in [0.15, 0.2) is 51.4 Å². The van der Waals surface area contributed by atoms with Gasteiger partial charge in [0.1, 0.15) is 5.75 Å². The Morgan fingerprint density at radius 2 is 1.94 bits per heavy atom. The second-order valence-corrected chi connectivity index (χ2v) is 5.59. The van der Waals surface area contributed by atoms with Crippen LogP contribution in [0.2, 0.25) is 0 Å². The predicted octanol–water partition coefficient (Wildman–Crippen LogP) is 4.83. The van der Waals surface area contributed by atoms with Crippen molar-refractivity contribution in [3.05, 3.63) is 57.0 Å². The molecule has 2 aromatic rings. The Morgan fingerprint density at radius 1 is 1.11 bits per heavy atom. The maximum Gasteiger partial charge on any atom is 0.120 e. The lowest BCUT2D eigenvalue weighted by Gasteiger charge is -2.09. The van der Waals surface area contributed by atoms with Gasteiger partial charge in [-0.05, 0) is 35.9 Å². The molecule has 0 saturated heterocycles. The van der Waals surface area contributed by atoms with Crippen LogP contribution in [0.4, 0.5) is 5.69 Å². The first-order valence-electron chi connectivity index (χ1n) is 5.51. The second kappa shape index (κ2) is 6.25. The zero-order valence-electron chi connectivity index (χ0n) is 9.91. The van der Waals surface area contributed by atoms with Gasteiger partial charge in [0, 0.05) is 21.2 Å². The molecule has 0 aromatic heterocycles. The van der Waals surface area contributed by atoms with Gasteiger partial charge < -0.3 is 10.1 Å². The number of nitrogens with one attached hydrogen (secondary N) is 1. The maximum atomic E-state index is 5.17. The van der Waals surface area contributed by atoms with Crippen molar-refractivity contribution >= 4 is 37.5 Å². The highest BCUT2D eigenvalue weighted by molar-refractivity contribution is 9.10. The van der Waals surface area contributed by atoms with Gasteiger partial charge in [-0.25, -0.2) is 0 Å². The summed E-state index contributed by atoms with van der Waals surface area (Å²) in [6, 6.07) is 14.1. The number of anilines is 1. The van der Waals surface area contributed by atoms with E-state index in [9.17, 15) is 0 Å². The van der Waals surface area contributed by atoms with Gasteiger partial charge in [0.2, 0.25) is 0 Å². The van der Waals surface area contributed by atoms with E-state index in [0.717, 1.165) is 26.9 Å². The molecule has 0 radical (unpaired) electrons. The van der Waals surface area contributed by atoms with Gasteiger partial charge in [-0.3, -0.25) is 0 Å². The van der Waals surface area contributed by atoms with Crippen molar-refractivity contribution in [1.82, 2.24) is 0 Å². The molecule has 0 saturated carbocycles. The van der Waals surface area contributed by atoms with Crippen LogP contribution in [0.3, 0.4) is 0 Å². The summed E-state index contributed by atoms with van der Waals surface area (Å²) in [6.07, 6.45) is 0. The summed E-state index contributed by atoms with van der Waals surface area (Å²) in [4.78, 5) is 0. The highest BCUT2D eigenvalue weighted by Crippen LogP contribution is 2.24. The first-order valence-corrected chi connectivity index (χ1v) is 7.09. The van der Waals surface area contributed by atoms with Crippen molar-refractivity contribution in [2.75, 3.05) is 12.4 Å². The molecule has 1 N–H and O–H groups in total. The number of methoxy groups -OCH3 is 1. The van der Waals surface area contributed by atoms with Crippen molar-refractivity contribution in [2.45, 2.75) is 6.54 Å². The Kier molecular flexibility index (Phi) is 4.66. The van der Waals surface area contributed by atoms with Crippen LogP contribution < -0.4 is 10.1 Å². The molecular weight excluding hydrogens is 358 g/mol. The van der Waals surface area contributed by atoms with E-state index < -0.39 is 0 Å². The summed E-state index contributed by atoms with van der Waals surface area (Å²) >= 11 is 7.00. The minimum absolute atomic E-state index is 0.765. The molecule has 0 spiro atoms. The van der Waals surface area contributed by atoms with Crippen LogP contribution >= 0.6 is 31.9 Å². The molecule has 0 amide bonds. The van der Waals surface area contributed by atoms with Crippen molar-refractivity contribution < 1.29 is 4.74 Å². The minimum atomic E-state index is 0.765. The van der Waals surface area contributed by atoms with E-state index in [-0.39, 0.29) is 0 Å². The third kappa shape index (κ3) is 3.50. The Balaban J connectivity index is 2.06. The van der Waals surface area contributed by atoms with Crippen LogP contribution in [0, 0.1) is 0 Å². The summed E-state index contributed by atoms with van der Waals surface area (Å²) in [5.74, 6) is 0.855. The van der Waals surface area contributed by atoms with Crippen LogP contribution in [0.5, 0.6) is 5.75 Å². The minimum Gasteiger partial charge on any atom is -0.497 e. The van der Waals surface area contributed by atoms with E-state index in [1.165, 1.54) is 5.56 Å². The summed E-state index contributed by atoms with van der Waals surface area (Å²) < 4.78 is 7.29. The molecule has 18 heavy (non-hydrogen) atoms. The summed E-state index contributed by atoms with van der Waals surface area (Å²) in [5.41, 5.74) is 2.28. The van der Waals surface area contributed by atoms with Gasteiger partial charge >= 0.3 is 0 Å². The summed E-state index contributed by atoms with van der Waals surface area (Å²) in [7, 11) is 1.67. The molecule has 0 fully saturated rings. The van der Waals surface area contributed by atoms with E-state index in [4.69, 9.17) is 4.74 Å². The average molecular weight is 371 g/mol. The molecule has 0 aliphatic rings. The van der Waals surface area contributed by atoms with Gasteiger partial charge in [-0.15, -0.1) is 0 Å². The van der Waals surface area contributed by atoms with E-state index in [1.54, 1.807) is 7.11 Å². The Bertz CT molecular complexity index is 543. The third-order valence-corrected chi connectivity index (χ3v) is 3.80. The first kappa shape index (κ1) is 13.4. The third-order valence-electron chi connectivity index (χ3n) is 2.57. The SMILES string of the molecule is COc1ccc(CNc2cccc(Br)c2)c(Br)c1. The molecule has 0 bridgehead atoms. The van der Waals surface area contributed by atoms with E-state index in [0.29, 0.717) is 0 Å². The van der Waals surface area contributed by atoms with Crippen molar-refractivity contribution in [2.24, 2.45) is 0 Å². The smallest absolute Gasteiger partial charge is 0.120 e. The first-order chi connectivity index (χ1) is 8.69. The van der Waals surface area contributed by atoms with E-state index in [1.807, 2.05) is 36.4 Å². The van der Waals surface area contributed by atoms with Gasteiger partial charge in [0.25, 0.3) is 0 Å². The van der Waals surface area contributed by atoms with Crippen molar-refractivity contribution in [3.63, 3.8) is 0 Å². The lowest BCUT2D eigenvalue weighted by Crippen LogP contribution is -2.00. The monoisotopic (exact) mass is 369 g/mol. The normalized spacial score (nSPS) is 10.2. The van der Waals surface area contributed by atoms with Gasteiger partial charge in [-0.2, -0.15) is 0 Å². The van der Waals surface area contributed by atoms with Crippen LogP contribution in [0.1, 0.15) is 5.56 Å². The zero-order chi connectivity index (χ0) is 13.0. The Labute approximate surface area is 124 Å². The van der Waals surface area contributed by atoms with E-state index in [2.05, 4.69) is 43.2 Å². The number of ether oxygens (including phenoxy) is 1. The lowest BCUT2D eigenvalue weighted by atomic mass is 10.2. The average Bonchev–Trinajstić information content (AvgIpc) is 2.37. The van der Waals surface area contributed by atoms with Crippen LogP contribution in [-0.4, -0.2) is 7.11 Å². The molecule has 0 aliphatic carbocycles. The molecule has 0 heterocycles.